The Balaban J connectivity index is 2.12. The molecule has 3 aromatic heterocycles. The number of nitrogens with zero attached hydrogens (tertiary/aromatic N) is 7. The lowest BCUT2D eigenvalue weighted by molar-refractivity contribution is 0.199. The molecule has 0 atom stereocenters. The summed E-state index contributed by atoms with van der Waals surface area (Å²) in [5.74, 6) is 1.45. The van der Waals surface area contributed by atoms with Crippen LogP contribution in [0.3, 0.4) is 0 Å². The van der Waals surface area contributed by atoms with Gasteiger partial charge in [-0.3, -0.25) is 4.40 Å². The predicted molar refractivity (Wildman–Crippen MR) is 88.7 cm³/mol. The smallest absolute Gasteiger partial charge is 0.414 e. The third-order valence-electron chi connectivity index (χ3n) is 3.54. The molecule has 3 rings (SSSR count). The number of pyridine rings is 1. The topological polar surface area (TPSA) is 99.8 Å². The van der Waals surface area contributed by atoms with Crippen molar-refractivity contribution in [3.05, 3.63) is 36.8 Å². The molecule has 9 nitrogen and oxygen atoms in total. The number of carboxylic acid groups (broad SMARTS) is 1. The molecule has 0 aliphatic heterocycles. The van der Waals surface area contributed by atoms with Crippen molar-refractivity contribution in [1.82, 2.24) is 24.6 Å². The zero-order valence-corrected chi connectivity index (χ0v) is 13.5. The van der Waals surface area contributed by atoms with Gasteiger partial charge in [0, 0.05) is 31.7 Å². The van der Waals surface area contributed by atoms with Gasteiger partial charge in [0.1, 0.15) is 5.82 Å². The molecule has 0 aliphatic rings. The van der Waals surface area contributed by atoms with Crippen LogP contribution in [0.4, 0.5) is 22.4 Å². The fraction of sp³-hybridized carbons (Fsp3) is 0.267. The highest BCUT2D eigenvalue weighted by molar-refractivity contribution is 5.85. The van der Waals surface area contributed by atoms with Gasteiger partial charge in [-0.05, 0) is 26.0 Å². The molecule has 3 aromatic rings. The summed E-state index contributed by atoms with van der Waals surface area (Å²) >= 11 is 0. The summed E-state index contributed by atoms with van der Waals surface area (Å²) in [6.45, 7) is 3.55. The van der Waals surface area contributed by atoms with Gasteiger partial charge in [-0.25, -0.2) is 19.7 Å². The van der Waals surface area contributed by atoms with E-state index < -0.39 is 6.09 Å². The molecule has 0 saturated carbocycles. The lowest BCUT2D eigenvalue weighted by Gasteiger charge is -2.21. The Morgan fingerprint density at radius 2 is 2.00 bits per heavy atom. The van der Waals surface area contributed by atoms with Crippen molar-refractivity contribution in [3.63, 3.8) is 0 Å². The summed E-state index contributed by atoms with van der Waals surface area (Å²) in [7, 11) is 1.82. The second-order valence-corrected chi connectivity index (χ2v) is 5.44. The molecule has 0 bridgehead atoms. The van der Waals surface area contributed by atoms with Crippen molar-refractivity contribution >= 4 is 29.3 Å². The van der Waals surface area contributed by atoms with Gasteiger partial charge in [0.25, 0.3) is 0 Å². The molecule has 0 unspecified atom stereocenters. The third-order valence-corrected chi connectivity index (χ3v) is 3.54. The first kappa shape index (κ1) is 15.7. The van der Waals surface area contributed by atoms with Crippen LogP contribution in [-0.2, 0) is 0 Å². The number of anilines is 3. The highest BCUT2D eigenvalue weighted by Crippen LogP contribution is 2.25. The number of fused-ring (bicyclic) bond motifs is 1. The zero-order chi connectivity index (χ0) is 17.3. The van der Waals surface area contributed by atoms with Gasteiger partial charge in [-0.15, -0.1) is 10.2 Å². The first-order chi connectivity index (χ1) is 11.5. The molecule has 0 aliphatic carbocycles. The van der Waals surface area contributed by atoms with Crippen LogP contribution in [0.15, 0.2) is 36.8 Å². The van der Waals surface area contributed by atoms with Crippen LogP contribution < -0.4 is 9.80 Å². The van der Waals surface area contributed by atoms with E-state index in [9.17, 15) is 9.90 Å². The van der Waals surface area contributed by atoms with Crippen LogP contribution in [0.2, 0.25) is 0 Å². The molecule has 124 valence electrons. The van der Waals surface area contributed by atoms with E-state index in [0.29, 0.717) is 17.3 Å². The molecule has 0 saturated heterocycles. The van der Waals surface area contributed by atoms with Gasteiger partial charge in [0.2, 0.25) is 11.6 Å². The number of carbonyl (C=O) groups is 1. The molecule has 0 fully saturated rings. The minimum Gasteiger partial charge on any atom is -0.465 e. The average Bonchev–Trinajstić information content (AvgIpc) is 2.98. The Bertz CT molecular complexity index is 863. The van der Waals surface area contributed by atoms with Gasteiger partial charge >= 0.3 is 6.09 Å². The Kier molecular flexibility index (Phi) is 3.98. The zero-order valence-electron chi connectivity index (χ0n) is 13.5. The molecule has 1 N–H and O–H groups in total. The van der Waals surface area contributed by atoms with Gasteiger partial charge in [0.15, 0.2) is 5.82 Å². The van der Waals surface area contributed by atoms with Crippen LogP contribution in [0.25, 0.3) is 5.65 Å². The summed E-state index contributed by atoms with van der Waals surface area (Å²) in [4.78, 5) is 23.1. The summed E-state index contributed by atoms with van der Waals surface area (Å²) in [5.41, 5.74) is 0.451. The number of aromatic nitrogens is 5. The van der Waals surface area contributed by atoms with Crippen LogP contribution in [0.5, 0.6) is 0 Å². The van der Waals surface area contributed by atoms with Crippen LogP contribution in [0, 0.1) is 0 Å². The molecule has 0 aromatic carbocycles. The van der Waals surface area contributed by atoms with E-state index in [0.717, 1.165) is 4.90 Å². The lowest BCUT2D eigenvalue weighted by Crippen LogP contribution is -2.37. The van der Waals surface area contributed by atoms with Crippen molar-refractivity contribution in [2.24, 2.45) is 0 Å². The fourth-order valence-electron chi connectivity index (χ4n) is 2.40. The second kappa shape index (κ2) is 6.11. The monoisotopic (exact) mass is 327 g/mol. The normalized spacial score (nSPS) is 11.0. The van der Waals surface area contributed by atoms with Crippen molar-refractivity contribution in [2.75, 3.05) is 16.8 Å². The summed E-state index contributed by atoms with van der Waals surface area (Å²) in [6.07, 6.45) is 3.82. The number of amides is 1. The fourth-order valence-corrected chi connectivity index (χ4v) is 2.40. The van der Waals surface area contributed by atoms with E-state index >= 15 is 0 Å². The van der Waals surface area contributed by atoms with Crippen LogP contribution in [0.1, 0.15) is 13.8 Å². The van der Waals surface area contributed by atoms with E-state index in [2.05, 4.69) is 20.2 Å². The quantitative estimate of drug-likeness (QED) is 0.784. The molecule has 3 heterocycles. The molecule has 9 heteroatoms. The van der Waals surface area contributed by atoms with E-state index in [-0.39, 0.29) is 12.0 Å². The summed E-state index contributed by atoms with van der Waals surface area (Å²) in [6, 6.07) is 5.27. The van der Waals surface area contributed by atoms with Crippen molar-refractivity contribution in [3.8, 4) is 0 Å². The SMILES string of the molecule is CC(C)N(C(=O)O)c1nnc2c(N(C)c3ccccn3)nccn12. The largest absolute Gasteiger partial charge is 0.465 e. The first-order valence-electron chi connectivity index (χ1n) is 7.37. The Morgan fingerprint density at radius 3 is 2.62 bits per heavy atom. The minimum absolute atomic E-state index is 0.227. The van der Waals surface area contributed by atoms with E-state index in [1.807, 2.05) is 25.2 Å². The van der Waals surface area contributed by atoms with Crippen LogP contribution >= 0.6 is 0 Å². The maximum Gasteiger partial charge on any atom is 0.414 e. The molecular formula is C15H17N7O2. The van der Waals surface area contributed by atoms with E-state index in [1.165, 1.54) is 0 Å². The van der Waals surface area contributed by atoms with Crippen LogP contribution in [-0.4, -0.2) is 48.9 Å². The maximum absolute atomic E-state index is 11.5. The van der Waals surface area contributed by atoms with E-state index in [1.54, 1.807) is 41.7 Å². The lowest BCUT2D eigenvalue weighted by atomic mass is 10.3. The Hall–Kier alpha value is -3.23. The Labute approximate surface area is 138 Å². The predicted octanol–water partition coefficient (Wildman–Crippen LogP) is 2.18. The number of hydrogen-bond acceptors (Lipinski definition) is 6. The molecule has 0 spiro atoms. The van der Waals surface area contributed by atoms with Gasteiger partial charge in [-0.1, -0.05) is 6.07 Å². The van der Waals surface area contributed by atoms with Gasteiger partial charge < -0.3 is 10.0 Å². The third kappa shape index (κ3) is 2.60. The maximum atomic E-state index is 11.5. The standard InChI is InChI=1S/C15H17N7O2/c1-10(2)22(15(23)24)14-19-18-13-12(17-8-9-21(13)14)20(3)11-6-4-5-7-16-11/h4-10H,1-3H3,(H,23,24). The number of hydrogen-bond donors (Lipinski definition) is 1. The van der Waals surface area contributed by atoms with Gasteiger partial charge in [0.05, 0.1) is 0 Å². The van der Waals surface area contributed by atoms with Crippen molar-refractivity contribution in [1.29, 1.82) is 0 Å². The molecule has 0 radical (unpaired) electrons. The molecular weight excluding hydrogens is 310 g/mol. The first-order valence-corrected chi connectivity index (χ1v) is 7.37. The second-order valence-electron chi connectivity index (χ2n) is 5.44. The van der Waals surface area contributed by atoms with Crippen molar-refractivity contribution in [2.45, 2.75) is 19.9 Å². The van der Waals surface area contributed by atoms with E-state index in [4.69, 9.17) is 0 Å². The highest BCUT2D eigenvalue weighted by Gasteiger charge is 2.25. The summed E-state index contributed by atoms with van der Waals surface area (Å²) in [5, 5.41) is 17.6. The molecule has 24 heavy (non-hydrogen) atoms. The Morgan fingerprint density at radius 1 is 1.21 bits per heavy atom. The van der Waals surface area contributed by atoms with Gasteiger partial charge in [-0.2, -0.15) is 0 Å². The molecule has 1 amide bonds. The van der Waals surface area contributed by atoms with Crippen molar-refractivity contribution < 1.29 is 9.90 Å². The summed E-state index contributed by atoms with van der Waals surface area (Å²) < 4.78 is 1.61. The number of rotatable bonds is 4. The highest BCUT2D eigenvalue weighted by atomic mass is 16.4. The minimum atomic E-state index is -1.09. The average molecular weight is 327 g/mol.